The van der Waals surface area contributed by atoms with Gasteiger partial charge in [0.05, 0.1) is 23.3 Å². The van der Waals surface area contributed by atoms with E-state index in [1.54, 1.807) is 34.9 Å². The number of benzene rings is 3. The Morgan fingerprint density at radius 2 is 1.75 bits per heavy atom. The average molecular weight is 550 g/mol. The number of rotatable bonds is 6. The first-order valence-electron chi connectivity index (χ1n) is 11.6. The molecule has 0 saturated carbocycles. The number of aromatic nitrogens is 2. The molecule has 4 N–H and O–H groups in total. The van der Waals surface area contributed by atoms with E-state index in [0.717, 1.165) is 15.7 Å². The SMILES string of the molecule is C[C@@H]1ON(c2cn(-c3ccc(Br)cc3)nc2-c2ccc(F)cc2)C(CCc2ccc(N)c(N)c2)C1=O. The minimum atomic E-state index is -0.608. The molecule has 0 radical (unpaired) electrons. The highest BCUT2D eigenvalue weighted by molar-refractivity contribution is 9.10. The number of nitrogens with zero attached hydrogens (tertiary/aromatic N) is 3. The molecule has 5 rings (SSSR count). The van der Waals surface area contributed by atoms with Crippen molar-refractivity contribution >= 4 is 38.8 Å². The number of hydroxylamine groups is 1. The number of Topliss-reactive ketones (excluding diaryl/α,β-unsaturated/α-hetero) is 1. The summed E-state index contributed by atoms with van der Waals surface area (Å²) < 4.78 is 16.3. The summed E-state index contributed by atoms with van der Waals surface area (Å²) in [6.07, 6.45) is 2.35. The summed E-state index contributed by atoms with van der Waals surface area (Å²) in [7, 11) is 0. The second kappa shape index (κ2) is 9.75. The van der Waals surface area contributed by atoms with E-state index in [2.05, 4.69) is 15.9 Å². The Morgan fingerprint density at radius 1 is 1.03 bits per heavy atom. The van der Waals surface area contributed by atoms with Crippen LogP contribution in [0, 0.1) is 5.82 Å². The topological polar surface area (TPSA) is 99.4 Å². The van der Waals surface area contributed by atoms with E-state index in [0.29, 0.717) is 41.2 Å². The Labute approximate surface area is 216 Å². The van der Waals surface area contributed by atoms with Crippen LogP contribution in [0.15, 0.2) is 77.4 Å². The lowest BCUT2D eigenvalue weighted by Gasteiger charge is -2.23. The highest BCUT2D eigenvalue weighted by atomic mass is 79.9. The summed E-state index contributed by atoms with van der Waals surface area (Å²) >= 11 is 3.46. The smallest absolute Gasteiger partial charge is 0.188 e. The molecule has 4 aromatic rings. The monoisotopic (exact) mass is 549 g/mol. The fourth-order valence-corrected chi connectivity index (χ4v) is 4.58. The van der Waals surface area contributed by atoms with Crippen LogP contribution in [-0.2, 0) is 16.1 Å². The van der Waals surface area contributed by atoms with E-state index < -0.39 is 12.1 Å². The molecule has 1 unspecified atom stereocenters. The van der Waals surface area contributed by atoms with Gasteiger partial charge in [-0.15, -0.1) is 0 Å². The van der Waals surface area contributed by atoms with Crippen LogP contribution in [0.5, 0.6) is 0 Å². The highest BCUT2D eigenvalue weighted by Crippen LogP contribution is 2.37. The van der Waals surface area contributed by atoms with Crippen molar-refractivity contribution in [1.29, 1.82) is 0 Å². The number of anilines is 3. The zero-order valence-corrected chi connectivity index (χ0v) is 21.2. The van der Waals surface area contributed by atoms with Gasteiger partial charge < -0.3 is 11.5 Å². The van der Waals surface area contributed by atoms with Crippen molar-refractivity contribution in [1.82, 2.24) is 9.78 Å². The number of hydrogen-bond acceptors (Lipinski definition) is 6. The third-order valence-corrected chi connectivity index (χ3v) is 6.81. The third kappa shape index (κ3) is 4.72. The Balaban J connectivity index is 1.53. The molecule has 9 heteroatoms. The maximum absolute atomic E-state index is 13.7. The molecular weight excluding hydrogens is 525 g/mol. The standard InChI is InChI=1S/C27H25BrFN5O2/c1-16-27(35)24(13-3-17-2-12-22(30)23(31)14-17)34(36-16)25-15-33(21-10-6-19(28)7-11-21)32-26(25)18-4-8-20(29)9-5-18/h2,4-12,14-16,24H,3,13,30-31H2,1H3/t16-,24?/m0/s1. The van der Waals surface area contributed by atoms with Crippen LogP contribution < -0.4 is 16.5 Å². The van der Waals surface area contributed by atoms with Crippen molar-refractivity contribution in [2.24, 2.45) is 0 Å². The molecule has 7 nitrogen and oxygen atoms in total. The number of carbonyl (C=O) groups excluding carboxylic acids is 1. The second-order valence-corrected chi connectivity index (χ2v) is 9.70. The highest BCUT2D eigenvalue weighted by Gasteiger charge is 2.41. The summed E-state index contributed by atoms with van der Waals surface area (Å²) in [5.41, 5.74) is 16.6. The van der Waals surface area contributed by atoms with Crippen LogP contribution in [0.2, 0.25) is 0 Å². The first-order chi connectivity index (χ1) is 17.3. The van der Waals surface area contributed by atoms with E-state index in [9.17, 15) is 9.18 Å². The molecule has 1 saturated heterocycles. The molecule has 3 aromatic carbocycles. The number of hydrogen-bond donors (Lipinski definition) is 2. The maximum atomic E-state index is 13.7. The van der Waals surface area contributed by atoms with E-state index in [1.165, 1.54) is 12.1 Å². The number of halogens is 2. The number of nitrogen functional groups attached to an aromatic ring is 2. The number of carbonyl (C=O) groups is 1. The molecule has 36 heavy (non-hydrogen) atoms. The molecule has 2 atom stereocenters. The van der Waals surface area contributed by atoms with Gasteiger partial charge in [-0.1, -0.05) is 22.0 Å². The summed E-state index contributed by atoms with van der Waals surface area (Å²) in [6, 6.07) is 18.8. The minimum Gasteiger partial charge on any atom is -0.397 e. The molecule has 2 heterocycles. The first-order valence-corrected chi connectivity index (χ1v) is 12.3. The van der Waals surface area contributed by atoms with E-state index in [-0.39, 0.29) is 11.6 Å². The van der Waals surface area contributed by atoms with Crippen LogP contribution in [0.3, 0.4) is 0 Å². The van der Waals surface area contributed by atoms with Crippen molar-refractivity contribution in [2.45, 2.75) is 31.9 Å². The van der Waals surface area contributed by atoms with Crippen LogP contribution in [0.1, 0.15) is 18.9 Å². The van der Waals surface area contributed by atoms with E-state index >= 15 is 0 Å². The maximum Gasteiger partial charge on any atom is 0.188 e. The molecule has 0 spiro atoms. The van der Waals surface area contributed by atoms with Gasteiger partial charge in [-0.3, -0.25) is 9.63 Å². The summed E-state index contributed by atoms with van der Waals surface area (Å²) in [6.45, 7) is 1.74. The van der Waals surface area contributed by atoms with Gasteiger partial charge in [-0.2, -0.15) is 5.10 Å². The Morgan fingerprint density at radius 3 is 2.44 bits per heavy atom. The fourth-order valence-electron chi connectivity index (χ4n) is 4.32. The van der Waals surface area contributed by atoms with Crippen LogP contribution >= 0.6 is 15.9 Å². The summed E-state index contributed by atoms with van der Waals surface area (Å²) in [5.74, 6) is -0.352. The van der Waals surface area contributed by atoms with Crippen LogP contribution in [0.4, 0.5) is 21.5 Å². The predicted molar refractivity (Wildman–Crippen MR) is 142 cm³/mol. The number of nitrogens with two attached hydrogens (primary N) is 2. The van der Waals surface area contributed by atoms with Gasteiger partial charge in [0.15, 0.2) is 5.78 Å². The lowest BCUT2D eigenvalue weighted by atomic mass is 9.99. The molecule has 1 fully saturated rings. The molecule has 0 aliphatic carbocycles. The average Bonchev–Trinajstić information content (AvgIpc) is 3.42. The van der Waals surface area contributed by atoms with Gasteiger partial charge in [-0.25, -0.2) is 14.1 Å². The zero-order chi connectivity index (χ0) is 25.4. The van der Waals surface area contributed by atoms with Crippen molar-refractivity contribution in [3.8, 4) is 16.9 Å². The molecule has 1 aliphatic rings. The van der Waals surface area contributed by atoms with Crippen molar-refractivity contribution < 1.29 is 14.0 Å². The van der Waals surface area contributed by atoms with Crippen molar-refractivity contribution in [3.63, 3.8) is 0 Å². The van der Waals surface area contributed by atoms with Gasteiger partial charge in [0.1, 0.15) is 29.3 Å². The second-order valence-electron chi connectivity index (χ2n) is 8.78. The van der Waals surface area contributed by atoms with Crippen LogP contribution in [-0.4, -0.2) is 27.7 Å². The number of ketones is 1. The molecule has 1 aromatic heterocycles. The molecule has 0 bridgehead atoms. The van der Waals surface area contributed by atoms with E-state index in [4.69, 9.17) is 21.4 Å². The largest absolute Gasteiger partial charge is 0.397 e. The molecule has 184 valence electrons. The molecule has 1 aliphatic heterocycles. The molecular formula is C27H25BrFN5O2. The van der Waals surface area contributed by atoms with E-state index in [1.807, 2.05) is 42.6 Å². The molecule has 0 amide bonds. The van der Waals surface area contributed by atoms with Crippen molar-refractivity contribution in [2.75, 3.05) is 16.5 Å². The Bertz CT molecular complexity index is 1400. The minimum absolute atomic E-state index is 0.0140. The first kappa shape index (κ1) is 24.0. The third-order valence-electron chi connectivity index (χ3n) is 6.28. The zero-order valence-electron chi connectivity index (χ0n) is 19.6. The summed E-state index contributed by atoms with van der Waals surface area (Å²) in [4.78, 5) is 19.2. The lowest BCUT2D eigenvalue weighted by molar-refractivity contribution is -0.122. The number of aryl methyl sites for hydroxylation is 1. The van der Waals surface area contributed by atoms with Gasteiger partial charge in [0.2, 0.25) is 0 Å². The fraction of sp³-hybridized carbons (Fsp3) is 0.185. The Kier molecular flexibility index (Phi) is 6.51. The van der Waals surface area contributed by atoms with Gasteiger partial charge in [0, 0.05) is 10.0 Å². The quantitative estimate of drug-likeness (QED) is 0.316. The van der Waals surface area contributed by atoms with Gasteiger partial charge >= 0.3 is 0 Å². The lowest BCUT2D eigenvalue weighted by Crippen LogP contribution is -2.33. The Hall–Kier alpha value is -3.69. The van der Waals surface area contributed by atoms with Gasteiger partial charge in [0.25, 0.3) is 0 Å². The summed E-state index contributed by atoms with van der Waals surface area (Å²) in [5, 5.41) is 6.44. The normalized spacial score (nSPS) is 17.6. The van der Waals surface area contributed by atoms with Crippen LogP contribution in [0.25, 0.3) is 16.9 Å². The predicted octanol–water partition coefficient (Wildman–Crippen LogP) is 5.32. The van der Waals surface area contributed by atoms with Crippen molar-refractivity contribution in [3.05, 3.63) is 88.8 Å². The van der Waals surface area contributed by atoms with Gasteiger partial charge in [-0.05, 0) is 86.0 Å².